The Kier molecular flexibility index (Phi) is 4.96. The van der Waals surface area contributed by atoms with Crippen LogP contribution in [-0.4, -0.2) is 43.9 Å². The average Bonchev–Trinajstić information content (AvgIpc) is 2.74. The maximum atomic E-state index is 12.0. The molecule has 0 aliphatic rings. The first-order chi connectivity index (χ1) is 8.96. The van der Waals surface area contributed by atoms with Gasteiger partial charge < -0.3 is 9.84 Å². The van der Waals surface area contributed by atoms with E-state index in [0.717, 1.165) is 0 Å². The highest BCUT2D eigenvalue weighted by atomic mass is 16.5. The molecule has 1 atom stereocenters. The van der Waals surface area contributed by atoms with E-state index in [9.17, 15) is 14.7 Å². The van der Waals surface area contributed by atoms with Crippen LogP contribution in [0.4, 0.5) is 0 Å². The van der Waals surface area contributed by atoms with Crippen LogP contribution < -0.4 is 0 Å². The van der Waals surface area contributed by atoms with Crippen LogP contribution in [0, 0.1) is 5.41 Å². The van der Waals surface area contributed by atoms with E-state index >= 15 is 0 Å². The van der Waals surface area contributed by atoms with Crippen molar-refractivity contribution < 1.29 is 19.4 Å². The summed E-state index contributed by atoms with van der Waals surface area (Å²) in [5.41, 5.74) is -1.65. The van der Waals surface area contributed by atoms with Crippen LogP contribution in [0.15, 0.2) is 0 Å². The Balaban J connectivity index is 3.08. The highest BCUT2D eigenvalue weighted by Crippen LogP contribution is 2.30. The highest BCUT2D eigenvalue weighted by molar-refractivity contribution is 5.99. The number of carbonyl (C=O) groups excluding carboxylic acids is 1. The Morgan fingerprint density at radius 1 is 1.42 bits per heavy atom. The fraction of sp³-hybridized carbons (Fsp3) is 0.727. The Labute approximate surface area is 110 Å². The molecule has 0 aliphatic carbocycles. The van der Waals surface area contributed by atoms with Gasteiger partial charge in [0.15, 0.2) is 11.2 Å². The molecule has 0 amide bonds. The number of aliphatic carboxylic acids is 1. The third kappa shape index (κ3) is 3.27. The van der Waals surface area contributed by atoms with E-state index in [1.54, 1.807) is 20.9 Å². The Morgan fingerprint density at radius 3 is 2.53 bits per heavy atom. The minimum absolute atomic E-state index is 0.122. The van der Waals surface area contributed by atoms with Gasteiger partial charge in [-0.3, -0.25) is 9.59 Å². The van der Waals surface area contributed by atoms with Gasteiger partial charge in [-0.05, 0) is 18.6 Å². The molecule has 1 unspecified atom stereocenters. The number of carbonyl (C=O) groups is 2. The standard InChI is InChI=1S/C11H18N4O4/c1-4-6-11(9(16)17,10(18)19-5-2)7-8-12-14-15(3)13-8/h4-7H2,1-3H3,(H,16,17). The van der Waals surface area contributed by atoms with Crippen molar-refractivity contribution in [3.8, 4) is 0 Å². The molecule has 0 spiro atoms. The normalized spacial score (nSPS) is 13.8. The molecule has 1 aromatic heterocycles. The lowest BCUT2D eigenvalue weighted by Gasteiger charge is -2.25. The van der Waals surface area contributed by atoms with Crippen molar-refractivity contribution in [3.63, 3.8) is 0 Å². The van der Waals surface area contributed by atoms with Crippen molar-refractivity contribution in [1.29, 1.82) is 0 Å². The summed E-state index contributed by atoms with van der Waals surface area (Å²) in [7, 11) is 1.57. The molecule has 19 heavy (non-hydrogen) atoms. The molecule has 1 heterocycles. The van der Waals surface area contributed by atoms with E-state index in [2.05, 4.69) is 15.4 Å². The Hall–Kier alpha value is -1.99. The van der Waals surface area contributed by atoms with Crippen LogP contribution in [0.1, 0.15) is 32.5 Å². The van der Waals surface area contributed by atoms with E-state index in [1.165, 1.54) is 4.80 Å². The smallest absolute Gasteiger partial charge is 0.323 e. The topological polar surface area (TPSA) is 107 Å². The van der Waals surface area contributed by atoms with Crippen LogP contribution >= 0.6 is 0 Å². The molecule has 106 valence electrons. The van der Waals surface area contributed by atoms with Gasteiger partial charge >= 0.3 is 11.9 Å². The number of carboxylic acids is 1. The summed E-state index contributed by atoms with van der Waals surface area (Å²) < 4.78 is 4.90. The van der Waals surface area contributed by atoms with E-state index in [0.29, 0.717) is 6.42 Å². The highest BCUT2D eigenvalue weighted by Gasteiger charge is 2.48. The quantitative estimate of drug-likeness (QED) is 0.556. The Morgan fingerprint density at radius 2 is 2.11 bits per heavy atom. The molecule has 1 N–H and O–H groups in total. The van der Waals surface area contributed by atoms with E-state index < -0.39 is 17.4 Å². The lowest BCUT2D eigenvalue weighted by Crippen LogP contribution is -2.43. The summed E-state index contributed by atoms with van der Waals surface area (Å²) in [6.07, 6.45) is 0.577. The SMILES string of the molecule is CCCC(Cc1nnn(C)n1)(C(=O)O)C(=O)OCC. The van der Waals surface area contributed by atoms with Gasteiger partial charge in [-0.2, -0.15) is 4.80 Å². The third-order valence-electron chi connectivity index (χ3n) is 2.76. The van der Waals surface area contributed by atoms with Gasteiger partial charge in [0.2, 0.25) is 0 Å². The van der Waals surface area contributed by atoms with Gasteiger partial charge in [-0.15, -0.1) is 10.2 Å². The van der Waals surface area contributed by atoms with Gasteiger partial charge in [0.25, 0.3) is 0 Å². The monoisotopic (exact) mass is 270 g/mol. The van der Waals surface area contributed by atoms with Crippen molar-refractivity contribution in [3.05, 3.63) is 5.82 Å². The number of rotatable bonds is 7. The summed E-state index contributed by atoms with van der Waals surface area (Å²) >= 11 is 0. The first-order valence-electron chi connectivity index (χ1n) is 6.09. The van der Waals surface area contributed by atoms with Crippen molar-refractivity contribution in [2.45, 2.75) is 33.1 Å². The predicted octanol–water partition coefficient (Wildman–Crippen LogP) is 0.187. The largest absolute Gasteiger partial charge is 0.480 e. The average molecular weight is 270 g/mol. The molecule has 1 aromatic rings. The molecule has 0 aliphatic heterocycles. The maximum absolute atomic E-state index is 12.0. The van der Waals surface area contributed by atoms with Crippen LogP contribution in [-0.2, 0) is 27.8 Å². The van der Waals surface area contributed by atoms with Gasteiger partial charge in [-0.1, -0.05) is 13.3 Å². The van der Waals surface area contributed by atoms with Crippen molar-refractivity contribution in [2.75, 3.05) is 6.61 Å². The molecule has 0 aromatic carbocycles. The number of hydrogen-bond acceptors (Lipinski definition) is 6. The van der Waals surface area contributed by atoms with Crippen LogP contribution in [0.3, 0.4) is 0 Å². The van der Waals surface area contributed by atoms with Gasteiger partial charge in [0.1, 0.15) is 0 Å². The van der Waals surface area contributed by atoms with Crippen LogP contribution in [0.25, 0.3) is 0 Å². The minimum Gasteiger partial charge on any atom is -0.480 e. The summed E-state index contributed by atoms with van der Waals surface area (Å²) in [4.78, 5) is 24.8. The summed E-state index contributed by atoms with van der Waals surface area (Å²) in [6.45, 7) is 3.57. The summed E-state index contributed by atoms with van der Waals surface area (Å²) in [5.74, 6) is -1.76. The summed E-state index contributed by atoms with van der Waals surface area (Å²) in [6, 6.07) is 0. The molecule has 1 rings (SSSR count). The fourth-order valence-electron chi connectivity index (χ4n) is 1.89. The first-order valence-corrected chi connectivity index (χ1v) is 6.09. The predicted molar refractivity (Wildman–Crippen MR) is 64.1 cm³/mol. The van der Waals surface area contributed by atoms with Gasteiger partial charge in [0.05, 0.1) is 13.7 Å². The number of nitrogens with zero attached hydrogens (tertiary/aromatic N) is 4. The van der Waals surface area contributed by atoms with Crippen molar-refractivity contribution in [2.24, 2.45) is 12.5 Å². The second-order valence-electron chi connectivity index (χ2n) is 4.23. The van der Waals surface area contributed by atoms with Gasteiger partial charge in [-0.25, -0.2) is 0 Å². The zero-order chi connectivity index (χ0) is 14.5. The molecule has 0 saturated carbocycles. The molecule has 0 radical (unpaired) electrons. The number of hydrogen-bond donors (Lipinski definition) is 1. The number of tetrazole rings is 1. The molecule has 0 fully saturated rings. The number of esters is 1. The maximum Gasteiger partial charge on any atom is 0.323 e. The zero-order valence-corrected chi connectivity index (χ0v) is 11.3. The molecule has 0 saturated heterocycles. The number of carboxylic acid groups (broad SMARTS) is 1. The van der Waals surface area contributed by atoms with Crippen LogP contribution in [0.2, 0.25) is 0 Å². The van der Waals surface area contributed by atoms with E-state index in [1.807, 2.05) is 0 Å². The lowest BCUT2D eigenvalue weighted by atomic mass is 9.80. The van der Waals surface area contributed by atoms with Crippen LogP contribution in [0.5, 0.6) is 0 Å². The number of aryl methyl sites for hydroxylation is 1. The van der Waals surface area contributed by atoms with Crippen molar-refractivity contribution >= 4 is 11.9 Å². The van der Waals surface area contributed by atoms with Gasteiger partial charge in [0, 0.05) is 6.42 Å². The van der Waals surface area contributed by atoms with Crippen molar-refractivity contribution in [1.82, 2.24) is 20.2 Å². The fourth-order valence-corrected chi connectivity index (χ4v) is 1.89. The number of ether oxygens (including phenoxy) is 1. The molecule has 8 heteroatoms. The molecular formula is C11H18N4O4. The first kappa shape index (κ1) is 15.1. The third-order valence-corrected chi connectivity index (χ3v) is 2.76. The molecule has 0 bridgehead atoms. The summed E-state index contributed by atoms with van der Waals surface area (Å²) in [5, 5.41) is 20.7. The second kappa shape index (κ2) is 6.26. The number of aromatic nitrogens is 4. The minimum atomic E-state index is -1.65. The zero-order valence-electron chi connectivity index (χ0n) is 11.3. The van der Waals surface area contributed by atoms with E-state index in [-0.39, 0.29) is 25.3 Å². The lowest BCUT2D eigenvalue weighted by molar-refractivity contribution is -0.169. The molecular weight excluding hydrogens is 252 g/mol. The molecule has 8 nitrogen and oxygen atoms in total. The second-order valence-corrected chi connectivity index (χ2v) is 4.23. The van der Waals surface area contributed by atoms with E-state index in [4.69, 9.17) is 4.74 Å². The Bertz CT molecular complexity index is 459.